The lowest BCUT2D eigenvalue weighted by Gasteiger charge is -2.23. The highest BCUT2D eigenvalue weighted by Crippen LogP contribution is 2.27. The van der Waals surface area contributed by atoms with E-state index in [1.165, 1.54) is 10.5 Å². The molecule has 1 aliphatic rings. The van der Waals surface area contributed by atoms with Crippen LogP contribution in [0.25, 0.3) is 11.0 Å². The molecule has 1 fully saturated rings. The normalized spacial score (nSPS) is 15.6. The molecule has 1 aliphatic heterocycles. The first-order valence-electron chi connectivity index (χ1n) is 12.7. The third-order valence-electron chi connectivity index (χ3n) is 6.77. The minimum Gasteiger partial charge on any atom is -0.326 e. The van der Waals surface area contributed by atoms with Crippen LogP contribution in [0.5, 0.6) is 0 Å². The van der Waals surface area contributed by atoms with Gasteiger partial charge in [0.15, 0.2) is 5.84 Å². The van der Waals surface area contributed by atoms with E-state index in [-0.39, 0.29) is 29.5 Å². The number of benzene rings is 1. The summed E-state index contributed by atoms with van der Waals surface area (Å²) in [5, 5.41) is 18.8. The highest BCUT2D eigenvalue weighted by atomic mass is 16.1. The Balaban J connectivity index is 1.31. The molecule has 0 spiro atoms. The van der Waals surface area contributed by atoms with Crippen molar-refractivity contribution >= 4 is 34.9 Å². The average Bonchev–Trinajstić information content (AvgIpc) is 3.56. The number of hydrogen-bond donors (Lipinski definition) is 3. The van der Waals surface area contributed by atoms with Gasteiger partial charge in [-0.25, -0.2) is 15.0 Å². The van der Waals surface area contributed by atoms with Crippen LogP contribution in [0.3, 0.4) is 0 Å². The van der Waals surface area contributed by atoms with E-state index in [2.05, 4.69) is 54.0 Å². The van der Waals surface area contributed by atoms with E-state index in [1.54, 1.807) is 30.5 Å². The van der Waals surface area contributed by atoms with E-state index in [9.17, 15) is 4.79 Å². The molecule has 0 aliphatic carbocycles. The number of carbonyl (C=O) groups is 1. The van der Waals surface area contributed by atoms with Gasteiger partial charge in [0.2, 0.25) is 0 Å². The second-order valence-electron chi connectivity index (χ2n) is 9.71. The van der Waals surface area contributed by atoms with Crippen LogP contribution in [0.2, 0.25) is 0 Å². The van der Waals surface area contributed by atoms with Crippen LogP contribution in [0, 0.1) is 10.8 Å². The number of rotatable bonds is 8. The number of likely N-dealkylation sites (tertiary alicyclic amines) is 1. The number of amides is 1. The van der Waals surface area contributed by atoms with Gasteiger partial charge in [0.1, 0.15) is 22.7 Å². The van der Waals surface area contributed by atoms with Crippen molar-refractivity contribution in [1.29, 1.82) is 10.8 Å². The summed E-state index contributed by atoms with van der Waals surface area (Å²) in [6.45, 7) is 6.61. The Kier molecular flexibility index (Phi) is 7.23. The number of nitrogens with zero attached hydrogens (tertiary/aromatic N) is 6. The van der Waals surface area contributed by atoms with Crippen LogP contribution in [-0.2, 0) is 6.54 Å². The third kappa shape index (κ3) is 5.30. The third-order valence-corrected chi connectivity index (χ3v) is 6.77. The van der Waals surface area contributed by atoms with Crippen molar-refractivity contribution in [2.75, 3.05) is 18.4 Å². The lowest BCUT2D eigenvalue weighted by atomic mass is 10.2. The number of fused-ring (bicyclic) bond motifs is 1. The summed E-state index contributed by atoms with van der Waals surface area (Å²) < 4.78 is 2.15. The Morgan fingerprint density at radius 3 is 2.74 bits per heavy atom. The number of anilines is 1. The Labute approximate surface area is 221 Å². The largest absolute Gasteiger partial charge is 0.326 e. The molecule has 4 heterocycles. The van der Waals surface area contributed by atoms with Gasteiger partial charge >= 0.3 is 0 Å². The second-order valence-corrected chi connectivity index (χ2v) is 9.71. The van der Waals surface area contributed by atoms with Crippen molar-refractivity contribution in [1.82, 2.24) is 29.3 Å². The monoisotopic (exact) mass is 509 g/mol. The first-order valence-corrected chi connectivity index (χ1v) is 12.7. The Morgan fingerprint density at radius 1 is 1.16 bits per heavy atom. The molecular formula is C28H31N9O. The molecule has 4 aromatic rings. The fraction of sp³-hybridized carbons (Fsp3) is 0.286. The molecular weight excluding hydrogens is 478 g/mol. The zero-order valence-corrected chi connectivity index (χ0v) is 21.5. The van der Waals surface area contributed by atoms with Crippen LogP contribution >= 0.6 is 0 Å². The minimum atomic E-state index is -0.388. The van der Waals surface area contributed by atoms with Crippen molar-refractivity contribution in [3.8, 4) is 0 Å². The van der Waals surface area contributed by atoms with Crippen molar-refractivity contribution < 1.29 is 4.79 Å². The summed E-state index contributed by atoms with van der Waals surface area (Å²) in [7, 11) is 0. The molecule has 0 radical (unpaired) electrons. The van der Waals surface area contributed by atoms with Crippen LogP contribution in [0.1, 0.15) is 48.1 Å². The molecule has 38 heavy (non-hydrogen) atoms. The van der Waals surface area contributed by atoms with Gasteiger partial charge in [-0.1, -0.05) is 36.4 Å². The van der Waals surface area contributed by atoms with Crippen LogP contribution in [0.4, 0.5) is 5.82 Å². The quantitative estimate of drug-likeness (QED) is 0.242. The molecule has 5 rings (SSSR count). The molecule has 1 aromatic carbocycles. The van der Waals surface area contributed by atoms with Gasteiger partial charge in [-0.15, -0.1) is 0 Å². The second kappa shape index (κ2) is 10.9. The zero-order chi connectivity index (χ0) is 26.6. The van der Waals surface area contributed by atoms with Crippen molar-refractivity contribution in [3.63, 3.8) is 0 Å². The smallest absolute Gasteiger partial charge is 0.275 e. The first-order chi connectivity index (χ1) is 18.4. The zero-order valence-electron chi connectivity index (χ0n) is 21.5. The van der Waals surface area contributed by atoms with E-state index in [1.807, 2.05) is 26.2 Å². The van der Waals surface area contributed by atoms with E-state index in [0.29, 0.717) is 11.5 Å². The molecule has 1 unspecified atom stereocenters. The van der Waals surface area contributed by atoms with Crippen molar-refractivity contribution in [2.24, 2.45) is 0 Å². The summed E-state index contributed by atoms with van der Waals surface area (Å²) in [4.78, 5) is 30.3. The summed E-state index contributed by atoms with van der Waals surface area (Å²) in [6.07, 6.45) is 5.58. The van der Waals surface area contributed by atoms with E-state index < -0.39 is 0 Å². The number of carbonyl (C=O) groups excluding carboxylic acids is 1. The maximum Gasteiger partial charge on any atom is 0.275 e. The average molecular weight is 510 g/mol. The number of nitrogens with one attached hydrogen (secondary N) is 3. The number of aromatic nitrogens is 4. The predicted octanol–water partition coefficient (Wildman–Crippen LogP) is 4.17. The summed E-state index contributed by atoms with van der Waals surface area (Å²) in [6, 6.07) is 17.5. The molecule has 1 atom stereocenters. The van der Waals surface area contributed by atoms with Crippen molar-refractivity contribution in [3.05, 3.63) is 84.1 Å². The molecule has 0 saturated carbocycles. The fourth-order valence-corrected chi connectivity index (χ4v) is 4.79. The van der Waals surface area contributed by atoms with Crippen molar-refractivity contribution in [2.45, 2.75) is 38.9 Å². The molecule has 10 nitrogen and oxygen atoms in total. The summed E-state index contributed by atoms with van der Waals surface area (Å²) in [5.41, 5.74) is 3.55. The Hall–Kier alpha value is -4.44. The molecule has 0 bridgehead atoms. The number of amidine groups is 1. The van der Waals surface area contributed by atoms with Gasteiger partial charge in [-0.2, -0.15) is 0 Å². The molecule has 3 aromatic heterocycles. The summed E-state index contributed by atoms with van der Waals surface area (Å²) in [5.74, 6) is 0.0156. The molecule has 1 saturated heterocycles. The highest BCUT2D eigenvalue weighted by molar-refractivity contribution is 6.05. The molecule has 3 N–H and O–H groups in total. The Bertz CT molecular complexity index is 1460. The maximum atomic E-state index is 13.1. The van der Waals surface area contributed by atoms with Gasteiger partial charge in [0, 0.05) is 31.7 Å². The molecule has 194 valence electrons. The van der Waals surface area contributed by atoms with E-state index in [0.717, 1.165) is 43.4 Å². The molecule has 1 amide bonds. The standard InChI is InChI=1S/C28H31N9O/c1-19(2)36(17-29)27(30)22-9-6-10-26(33-22)34-28(38)23-13-25-24(14-31-23)32-18-37(25)21-11-12-35(16-21)15-20-7-4-3-5-8-20/h3-10,13-14,17-19,21,29-30H,11-12,15-16H2,1-2H3,(H,33,34,38). The van der Waals surface area contributed by atoms with E-state index in [4.69, 9.17) is 10.8 Å². The lowest BCUT2D eigenvalue weighted by Crippen LogP contribution is -2.36. The highest BCUT2D eigenvalue weighted by Gasteiger charge is 2.25. The lowest BCUT2D eigenvalue weighted by molar-refractivity contribution is 0.102. The number of pyridine rings is 2. The number of hydrogen-bond acceptors (Lipinski definition) is 7. The molecule has 10 heteroatoms. The van der Waals surface area contributed by atoms with Gasteiger partial charge < -0.3 is 14.8 Å². The maximum absolute atomic E-state index is 13.1. The Morgan fingerprint density at radius 2 is 1.97 bits per heavy atom. The minimum absolute atomic E-state index is 0.0638. The fourth-order valence-electron chi connectivity index (χ4n) is 4.79. The SMILES string of the molecule is CC(C)N(C=N)C(=N)c1cccc(NC(=O)c2cc3c(cn2)ncn3C2CCN(Cc3ccccc3)C2)n1. The first kappa shape index (κ1) is 25.2. The van der Waals surface area contributed by atoms with E-state index >= 15 is 0 Å². The van der Waals surface area contributed by atoms with Gasteiger partial charge in [0.05, 0.1) is 24.4 Å². The topological polar surface area (TPSA) is 127 Å². The number of imidazole rings is 1. The summed E-state index contributed by atoms with van der Waals surface area (Å²) >= 11 is 0. The van der Waals surface area contributed by atoms with Crippen LogP contribution in [0.15, 0.2) is 67.1 Å². The van der Waals surface area contributed by atoms with Gasteiger partial charge in [0.25, 0.3) is 5.91 Å². The van der Waals surface area contributed by atoms with Gasteiger partial charge in [-0.05, 0) is 44.0 Å². The predicted molar refractivity (Wildman–Crippen MR) is 148 cm³/mol. The van der Waals surface area contributed by atoms with Gasteiger partial charge in [-0.3, -0.25) is 20.5 Å². The van der Waals surface area contributed by atoms with Crippen LogP contribution < -0.4 is 5.32 Å². The van der Waals surface area contributed by atoms with Crippen LogP contribution in [-0.4, -0.2) is 66.5 Å².